The molecule has 1 atom stereocenters. The van der Waals surface area contributed by atoms with E-state index in [1.54, 1.807) is 0 Å². The lowest BCUT2D eigenvalue weighted by Gasteiger charge is -2.40. The maximum absolute atomic E-state index is 6.13. The standard InChI is InChI=1S/C16H29N5/c1-7-12-10-21(9-8-20(12)6)14-11(2)13(17)18-15(19-14)16(3,4)5/h12H,7-10H2,1-6H3,(H2,17,18,19). The Labute approximate surface area is 128 Å². The second-order valence-electron chi connectivity index (χ2n) is 7.12. The molecule has 0 amide bonds. The summed E-state index contributed by atoms with van der Waals surface area (Å²) >= 11 is 0. The zero-order valence-corrected chi connectivity index (χ0v) is 14.3. The van der Waals surface area contributed by atoms with Gasteiger partial charge in [0.05, 0.1) is 0 Å². The molecular formula is C16H29N5. The number of aromatic nitrogens is 2. The van der Waals surface area contributed by atoms with Crippen molar-refractivity contribution in [1.82, 2.24) is 14.9 Å². The number of nitrogens with zero attached hydrogens (tertiary/aromatic N) is 4. The van der Waals surface area contributed by atoms with Crippen LogP contribution < -0.4 is 10.6 Å². The van der Waals surface area contributed by atoms with E-state index in [0.29, 0.717) is 11.9 Å². The number of hydrogen-bond acceptors (Lipinski definition) is 5. The quantitative estimate of drug-likeness (QED) is 0.905. The van der Waals surface area contributed by atoms with Crippen LogP contribution in [0.2, 0.25) is 0 Å². The summed E-state index contributed by atoms with van der Waals surface area (Å²) in [6.07, 6.45) is 1.15. The Balaban J connectivity index is 2.37. The zero-order valence-electron chi connectivity index (χ0n) is 14.3. The van der Waals surface area contributed by atoms with Gasteiger partial charge in [-0.1, -0.05) is 27.7 Å². The SMILES string of the molecule is CCC1CN(c2nc(C(C)(C)C)nc(N)c2C)CCN1C. The lowest BCUT2D eigenvalue weighted by Crippen LogP contribution is -2.51. The molecule has 2 rings (SSSR count). The third-order valence-corrected chi connectivity index (χ3v) is 4.38. The molecule has 0 spiro atoms. The van der Waals surface area contributed by atoms with Crippen molar-refractivity contribution in [2.24, 2.45) is 0 Å². The molecule has 1 saturated heterocycles. The van der Waals surface area contributed by atoms with E-state index in [1.807, 2.05) is 6.92 Å². The lowest BCUT2D eigenvalue weighted by molar-refractivity contribution is 0.212. The molecule has 0 bridgehead atoms. The monoisotopic (exact) mass is 291 g/mol. The summed E-state index contributed by atoms with van der Waals surface area (Å²) in [6, 6.07) is 0.576. The predicted molar refractivity (Wildman–Crippen MR) is 88.8 cm³/mol. The van der Waals surface area contributed by atoms with Crippen LogP contribution in [0, 0.1) is 6.92 Å². The molecule has 1 unspecified atom stereocenters. The van der Waals surface area contributed by atoms with Crippen LogP contribution in [0.25, 0.3) is 0 Å². The summed E-state index contributed by atoms with van der Waals surface area (Å²) in [5, 5.41) is 0. The highest BCUT2D eigenvalue weighted by atomic mass is 15.3. The van der Waals surface area contributed by atoms with Crippen molar-refractivity contribution in [2.75, 3.05) is 37.3 Å². The fraction of sp³-hybridized carbons (Fsp3) is 0.750. The average Bonchev–Trinajstić information content (AvgIpc) is 2.41. The van der Waals surface area contributed by atoms with Gasteiger partial charge in [0.2, 0.25) is 0 Å². The molecule has 0 radical (unpaired) electrons. The van der Waals surface area contributed by atoms with Crippen LogP contribution in [0.3, 0.4) is 0 Å². The highest BCUT2D eigenvalue weighted by molar-refractivity contribution is 5.57. The van der Waals surface area contributed by atoms with Gasteiger partial charge < -0.3 is 10.6 Å². The minimum atomic E-state index is -0.0900. The van der Waals surface area contributed by atoms with E-state index >= 15 is 0 Å². The summed E-state index contributed by atoms with van der Waals surface area (Å²) < 4.78 is 0. The van der Waals surface area contributed by atoms with Crippen molar-refractivity contribution in [1.29, 1.82) is 0 Å². The molecule has 2 N–H and O–H groups in total. The van der Waals surface area contributed by atoms with E-state index in [2.05, 4.69) is 49.5 Å². The summed E-state index contributed by atoms with van der Waals surface area (Å²) in [5.74, 6) is 2.45. The second kappa shape index (κ2) is 5.79. The molecule has 21 heavy (non-hydrogen) atoms. The molecule has 1 aromatic rings. The number of piperazine rings is 1. The van der Waals surface area contributed by atoms with Crippen LogP contribution in [-0.2, 0) is 5.41 Å². The summed E-state index contributed by atoms with van der Waals surface area (Å²) in [7, 11) is 2.20. The molecule has 118 valence electrons. The smallest absolute Gasteiger partial charge is 0.138 e. The van der Waals surface area contributed by atoms with Crippen molar-refractivity contribution < 1.29 is 0 Å². The second-order valence-corrected chi connectivity index (χ2v) is 7.12. The van der Waals surface area contributed by atoms with Crippen LogP contribution in [-0.4, -0.2) is 47.6 Å². The minimum Gasteiger partial charge on any atom is -0.383 e. The zero-order chi connectivity index (χ0) is 15.8. The Morgan fingerprint density at radius 3 is 2.48 bits per heavy atom. The van der Waals surface area contributed by atoms with Gasteiger partial charge in [-0.3, -0.25) is 4.90 Å². The van der Waals surface area contributed by atoms with Crippen LogP contribution in [0.5, 0.6) is 0 Å². The van der Waals surface area contributed by atoms with Crippen LogP contribution in [0.4, 0.5) is 11.6 Å². The normalized spacial score (nSPS) is 20.9. The first-order valence-corrected chi connectivity index (χ1v) is 7.83. The number of rotatable bonds is 2. The first kappa shape index (κ1) is 16.0. The Bertz CT molecular complexity index is 506. The van der Waals surface area contributed by atoms with Gasteiger partial charge in [-0.2, -0.15) is 0 Å². The minimum absolute atomic E-state index is 0.0900. The third kappa shape index (κ3) is 3.28. The molecule has 0 aliphatic carbocycles. The Morgan fingerprint density at radius 2 is 1.90 bits per heavy atom. The van der Waals surface area contributed by atoms with Gasteiger partial charge in [-0.15, -0.1) is 0 Å². The fourth-order valence-corrected chi connectivity index (χ4v) is 2.74. The van der Waals surface area contributed by atoms with E-state index in [9.17, 15) is 0 Å². The topological polar surface area (TPSA) is 58.3 Å². The van der Waals surface area contributed by atoms with E-state index in [-0.39, 0.29) is 5.41 Å². The molecule has 5 heteroatoms. The van der Waals surface area contributed by atoms with Crippen molar-refractivity contribution in [3.63, 3.8) is 0 Å². The van der Waals surface area contributed by atoms with Gasteiger partial charge in [0.25, 0.3) is 0 Å². The first-order valence-electron chi connectivity index (χ1n) is 7.83. The highest BCUT2D eigenvalue weighted by Gasteiger charge is 2.27. The number of nitrogens with two attached hydrogens (primary N) is 1. The van der Waals surface area contributed by atoms with Crippen molar-refractivity contribution in [3.05, 3.63) is 11.4 Å². The highest BCUT2D eigenvalue weighted by Crippen LogP contribution is 2.28. The molecular weight excluding hydrogens is 262 g/mol. The molecule has 0 saturated carbocycles. The maximum Gasteiger partial charge on any atom is 0.138 e. The Hall–Kier alpha value is -1.36. The number of anilines is 2. The summed E-state index contributed by atoms with van der Waals surface area (Å²) in [6.45, 7) is 13.7. The van der Waals surface area contributed by atoms with Crippen LogP contribution in [0.1, 0.15) is 45.5 Å². The van der Waals surface area contributed by atoms with E-state index in [1.165, 1.54) is 0 Å². The fourth-order valence-electron chi connectivity index (χ4n) is 2.74. The number of nitrogen functional groups attached to an aromatic ring is 1. The molecule has 2 heterocycles. The number of likely N-dealkylation sites (N-methyl/N-ethyl adjacent to an activating group) is 1. The number of hydrogen-bond donors (Lipinski definition) is 1. The molecule has 0 aromatic carbocycles. The third-order valence-electron chi connectivity index (χ3n) is 4.38. The van der Waals surface area contributed by atoms with E-state index in [0.717, 1.165) is 43.3 Å². The summed E-state index contributed by atoms with van der Waals surface area (Å²) in [5.41, 5.74) is 7.04. The van der Waals surface area contributed by atoms with E-state index < -0.39 is 0 Å². The van der Waals surface area contributed by atoms with Crippen LogP contribution in [0.15, 0.2) is 0 Å². The van der Waals surface area contributed by atoms with E-state index in [4.69, 9.17) is 10.7 Å². The Morgan fingerprint density at radius 1 is 1.24 bits per heavy atom. The van der Waals surface area contributed by atoms with Gasteiger partial charge in [-0.25, -0.2) is 9.97 Å². The van der Waals surface area contributed by atoms with Crippen LogP contribution >= 0.6 is 0 Å². The van der Waals surface area contributed by atoms with Crippen molar-refractivity contribution in [3.8, 4) is 0 Å². The van der Waals surface area contributed by atoms with Crippen molar-refractivity contribution >= 4 is 11.6 Å². The molecule has 5 nitrogen and oxygen atoms in total. The molecule has 1 fully saturated rings. The van der Waals surface area contributed by atoms with Gasteiger partial charge in [-0.05, 0) is 20.4 Å². The van der Waals surface area contributed by atoms with Gasteiger partial charge in [0, 0.05) is 36.7 Å². The first-order chi connectivity index (χ1) is 9.74. The average molecular weight is 291 g/mol. The summed E-state index contributed by atoms with van der Waals surface area (Å²) in [4.78, 5) is 14.1. The predicted octanol–water partition coefficient (Wildman–Crippen LogP) is 2.20. The van der Waals surface area contributed by atoms with Crippen molar-refractivity contribution in [2.45, 2.75) is 52.5 Å². The van der Waals surface area contributed by atoms with Gasteiger partial charge >= 0.3 is 0 Å². The van der Waals surface area contributed by atoms with Gasteiger partial charge in [0.1, 0.15) is 17.5 Å². The molecule has 1 aliphatic rings. The molecule has 1 aromatic heterocycles. The van der Waals surface area contributed by atoms with Gasteiger partial charge in [0.15, 0.2) is 0 Å². The largest absolute Gasteiger partial charge is 0.383 e. The molecule has 1 aliphatic heterocycles. The maximum atomic E-state index is 6.13. The Kier molecular flexibility index (Phi) is 4.42. The lowest BCUT2D eigenvalue weighted by atomic mass is 9.95.